The zero-order valence-electron chi connectivity index (χ0n) is 10.8. The van der Waals surface area contributed by atoms with Gasteiger partial charge in [-0.25, -0.2) is 17.2 Å². The van der Waals surface area contributed by atoms with Crippen molar-refractivity contribution in [2.75, 3.05) is 10.1 Å². The van der Waals surface area contributed by atoms with Gasteiger partial charge in [0.1, 0.15) is 0 Å². The summed E-state index contributed by atoms with van der Waals surface area (Å²) in [5, 5.41) is 0.784. The van der Waals surface area contributed by atoms with Gasteiger partial charge in [-0.2, -0.15) is 0 Å². The first kappa shape index (κ1) is 15.9. The monoisotopic (exact) mass is 375 g/mol. The smallest absolute Gasteiger partial charge is 0.261 e. The van der Waals surface area contributed by atoms with Crippen molar-refractivity contribution < 1.29 is 17.2 Å². The van der Waals surface area contributed by atoms with E-state index >= 15 is 0 Å². The Labute approximate surface area is 130 Å². The molecule has 0 amide bonds. The van der Waals surface area contributed by atoms with Gasteiger partial charge in [0, 0.05) is 11.4 Å². The molecule has 0 aliphatic rings. The average Bonchev–Trinajstić information content (AvgIpc) is 2.44. The fourth-order valence-corrected chi connectivity index (χ4v) is 3.23. The second-order valence-corrected chi connectivity index (χ2v) is 6.79. The minimum Gasteiger partial charge on any atom is -0.280 e. The lowest BCUT2D eigenvalue weighted by molar-refractivity contribution is 0.509. The zero-order valence-corrected chi connectivity index (χ0v) is 13.2. The van der Waals surface area contributed by atoms with Crippen LogP contribution in [0.1, 0.15) is 5.56 Å². The van der Waals surface area contributed by atoms with E-state index in [1.54, 1.807) is 12.1 Å². The van der Waals surface area contributed by atoms with E-state index in [-0.39, 0.29) is 10.6 Å². The van der Waals surface area contributed by atoms with E-state index < -0.39 is 21.7 Å². The summed E-state index contributed by atoms with van der Waals surface area (Å²) in [7, 11) is -3.83. The Balaban J connectivity index is 2.23. The Morgan fingerprint density at radius 2 is 1.67 bits per heavy atom. The Morgan fingerprint density at radius 1 is 1.00 bits per heavy atom. The van der Waals surface area contributed by atoms with Crippen molar-refractivity contribution in [3.63, 3.8) is 0 Å². The van der Waals surface area contributed by atoms with Crippen LogP contribution < -0.4 is 4.72 Å². The molecule has 0 saturated heterocycles. The van der Waals surface area contributed by atoms with Crippen LogP contribution in [0, 0.1) is 11.6 Å². The first-order valence-electron chi connectivity index (χ1n) is 6.05. The minimum atomic E-state index is -3.83. The lowest BCUT2D eigenvalue weighted by Gasteiger charge is -2.09. The Hall–Kier alpha value is -1.47. The van der Waals surface area contributed by atoms with E-state index in [4.69, 9.17) is 0 Å². The third-order valence-corrected chi connectivity index (χ3v) is 4.58. The maximum atomic E-state index is 13.1. The quantitative estimate of drug-likeness (QED) is 0.809. The zero-order chi connectivity index (χ0) is 15.5. The molecule has 112 valence electrons. The van der Waals surface area contributed by atoms with Crippen LogP contribution in [0.15, 0.2) is 47.4 Å². The second kappa shape index (κ2) is 6.53. The number of rotatable bonds is 5. The number of alkyl halides is 1. The maximum Gasteiger partial charge on any atom is 0.261 e. The van der Waals surface area contributed by atoms with E-state index in [1.807, 2.05) is 0 Å². The molecule has 1 N–H and O–H groups in total. The highest BCUT2D eigenvalue weighted by Crippen LogP contribution is 2.19. The van der Waals surface area contributed by atoms with E-state index in [1.165, 1.54) is 12.1 Å². The van der Waals surface area contributed by atoms with Crippen molar-refractivity contribution in [2.45, 2.75) is 11.3 Å². The molecule has 2 rings (SSSR count). The lowest BCUT2D eigenvalue weighted by Crippen LogP contribution is -2.13. The molecule has 0 aliphatic heterocycles. The van der Waals surface area contributed by atoms with Gasteiger partial charge >= 0.3 is 0 Å². The number of sulfonamides is 1. The fraction of sp³-hybridized carbons (Fsp3) is 0.143. The molecule has 0 aromatic heterocycles. The molecule has 3 nitrogen and oxygen atoms in total. The molecule has 0 heterocycles. The minimum absolute atomic E-state index is 0.0292. The fourth-order valence-electron chi connectivity index (χ4n) is 1.72. The number of hydrogen-bond acceptors (Lipinski definition) is 2. The van der Waals surface area contributed by atoms with Gasteiger partial charge in [0.15, 0.2) is 11.6 Å². The summed E-state index contributed by atoms with van der Waals surface area (Å²) in [4.78, 5) is 0.0607. The lowest BCUT2D eigenvalue weighted by atomic mass is 10.2. The largest absolute Gasteiger partial charge is 0.280 e. The van der Waals surface area contributed by atoms with E-state index in [0.717, 1.165) is 35.5 Å². The summed E-state index contributed by atoms with van der Waals surface area (Å²) in [6, 6.07) is 9.19. The highest BCUT2D eigenvalue weighted by Gasteiger charge is 2.15. The van der Waals surface area contributed by atoms with Crippen molar-refractivity contribution in [3.8, 4) is 0 Å². The molecule has 7 heteroatoms. The topological polar surface area (TPSA) is 46.2 Å². The van der Waals surface area contributed by atoms with Crippen LogP contribution in [-0.4, -0.2) is 13.7 Å². The number of nitrogens with one attached hydrogen (secondary N) is 1. The normalized spacial score (nSPS) is 11.4. The summed E-state index contributed by atoms with van der Waals surface area (Å²) in [5.74, 6) is -2.14. The van der Waals surface area contributed by atoms with Gasteiger partial charge in [0.2, 0.25) is 0 Å². The molecule has 0 fully saturated rings. The van der Waals surface area contributed by atoms with Gasteiger partial charge < -0.3 is 0 Å². The van der Waals surface area contributed by atoms with Gasteiger partial charge in [-0.3, -0.25) is 4.72 Å². The van der Waals surface area contributed by atoms with Crippen LogP contribution in [0.25, 0.3) is 0 Å². The third kappa shape index (κ3) is 4.01. The third-order valence-electron chi connectivity index (χ3n) is 2.79. The molecule has 0 spiro atoms. The van der Waals surface area contributed by atoms with Crippen LogP contribution in [0.4, 0.5) is 14.5 Å². The Kier molecular flexibility index (Phi) is 4.95. The highest BCUT2D eigenvalue weighted by molar-refractivity contribution is 9.09. The number of aryl methyl sites for hydroxylation is 1. The van der Waals surface area contributed by atoms with Crippen LogP contribution in [0.3, 0.4) is 0 Å². The molecule has 0 bridgehead atoms. The predicted octanol–water partition coefficient (Wildman–Crippen LogP) is 3.70. The van der Waals surface area contributed by atoms with Gasteiger partial charge in [-0.05, 0) is 36.2 Å². The standard InChI is InChI=1S/C14H12BrF2NO2S/c15-8-7-10-1-4-12(5-2-10)21(19,20)18-11-3-6-13(16)14(17)9-11/h1-6,9,18H,7-8H2. The van der Waals surface area contributed by atoms with Crippen molar-refractivity contribution in [3.05, 3.63) is 59.7 Å². The van der Waals surface area contributed by atoms with Gasteiger partial charge in [0.25, 0.3) is 10.0 Å². The predicted molar refractivity (Wildman–Crippen MR) is 81.1 cm³/mol. The van der Waals surface area contributed by atoms with Crippen molar-refractivity contribution in [1.29, 1.82) is 0 Å². The Bertz CT molecular complexity index is 733. The molecule has 0 atom stereocenters. The maximum absolute atomic E-state index is 13.1. The van der Waals surface area contributed by atoms with Crippen LogP contribution in [0.2, 0.25) is 0 Å². The van der Waals surface area contributed by atoms with Crippen molar-refractivity contribution >= 4 is 31.6 Å². The molecule has 0 radical (unpaired) electrons. The molecule has 2 aromatic rings. The Morgan fingerprint density at radius 3 is 2.24 bits per heavy atom. The van der Waals surface area contributed by atoms with Gasteiger partial charge in [-0.1, -0.05) is 28.1 Å². The molecule has 0 unspecified atom stereocenters. The SMILES string of the molecule is O=S(=O)(Nc1ccc(F)c(F)c1)c1ccc(CCBr)cc1. The molecule has 21 heavy (non-hydrogen) atoms. The summed E-state index contributed by atoms with van der Waals surface area (Å²) in [6.45, 7) is 0. The first-order chi connectivity index (χ1) is 9.92. The van der Waals surface area contributed by atoms with E-state index in [9.17, 15) is 17.2 Å². The molecule has 2 aromatic carbocycles. The van der Waals surface area contributed by atoms with Crippen LogP contribution in [-0.2, 0) is 16.4 Å². The number of hydrogen-bond donors (Lipinski definition) is 1. The number of halogens is 3. The molecule has 0 saturated carbocycles. The van der Waals surface area contributed by atoms with Crippen LogP contribution >= 0.6 is 15.9 Å². The van der Waals surface area contributed by atoms with E-state index in [2.05, 4.69) is 20.7 Å². The molecule has 0 aliphatic carbocycles. The summed E-state index contributed by atoms with van der Waals surface area (Å²) >= 11 is 3.30. The summed E-state index contributed by atoms with van der Waals surface area (Å²) in [6.07, 6.45) is 0.789. The average molecular weight is 376 g/mol. The van der Waals surface area contributed by atoms with E-state index in [0.29, 0.717) is 0 Å². The van der Waals surface area contributed by atoms with Gasteiger partial charge in [-0.15, -0.1) is 0 Å². The first-order valence-corrected chi connectivity index (χ1v) is 8.65. The summed E-state index contributed by atoms with van der Waals surface area (Å²) < 4.78 is 52.4. The van der Waals surface area contributed by atoms with Gasteiger partial charge in [0.05, 0.1) is 10.6 Å². The number of benzene rings is 2. The van der Waals surface area contributed by atoms with Crippen LogP contribution in [0.5, 0.6) is 0 Å². The number of anilines is 1. The summed E-state index contributed by atoms with van der Waals surface area (Å²) in [5.41, 5.74) is 0.970. The molecular formula is C14H12BrF2NO2S. The highest BCUT2D eigenvalue weighted by atomic mass is 79.9. The van der Waals surface area contributed by atoms with Crippen molar-refractivity contribution in [2.24, 2.45) is 0 Å². The molecular weight excluding hydrogens is 364 g/mol. The second-order valence-electron chi connectivity index (χ2n) is 4.32. The van der Waals surface area contributed by atoms with Crippen molar-refractivity contribution in [1.82, 2.24) is 0 Å².